The highest BCUT2D eigenvalue weighted by Gasteiger charge is 2.47. The Morgan fingerprint density at radius 2 is 1.81 bits per heavy atom. The fourth-order valence-electron chi connectivity index (χ4n) is 4.09. The van der Waals surface area contributed by atoms with Crippen molar-refractivity contribution in [1.29, 1.82) is 0 Å². The number of benzene rings is 1. The number of azo groups is 1. The van der Waals surface area contributed by atoms with E-state index in [1.807, 2.05) is 19.9 Å². The molecule has 1 aliphatic rings. The Kier molecular flexibility index (Phi) is 4.79. The van der Waals surface area contributed by atoms with Gasteiger partial charge in [-0.2, -0.15) is 0 Å². The smallest absolute Gasteiger partial charge is 0.278 e. The van der Waals surface area contributed by atoms with E-state index in [0.29, 0.717) is 11.3 Å². The summed E-state index contributed by atoms with van der Waals surface area (Å²) in [6.45, 7) is 12.4. The maximum atomic E-state index is 11.8. The van der Waals surface area contributed by atoms with Crippen LogP contribution in [0.15, 0.2) is 27.8 Å². The van der Waals surface area contributed by atoms with Crippen molar-refractivity contribution in [2.24, 2.45) is 10.2 Å². The highest BCUT2D eigenvalue weighted by atomic mass is 16.6. The molecule has 0 fully saturated rings. The number of carbonyl (C=O) groups is 1. The number of allylic oxidation sites excluding steroid dienone is 2. The molecular weight excluding hydrogens is 334 g/mol. The maximum absolute atomic E-state index is 11.8. The maximum Gasteiger partial charge on any atom is 0.278 e. The van der Waals surface area contributed by atoms with Gasteiger partial charge in [0.05, 0.1) is 16.2 Å². The Morgan fingerprint density at radius 1 is 1.23 bits per heavy atom. The second-order valence-corrected chi connectivity index (χ2v) is 8.18. The van der Waals surface area contributed by atoms with Crippen LogP contribution < -0.4 is 0 Å². The molecule has 0 saturated heterocycles. The summed E-state index contributed by atoms with van der Waals surface area (Å²) in [5.74, 6) is -0.667. The van der Waals surface area contributed by atoms with Gasteiger partial charge in [-0.05, 0) is 42.7 Å². The first-order chi connectivity index (χ1) is 11.8. The first-order valence-corrected chi connectivity index (χ1v) is 8.45. The number of hydrogen-bond donors (Lipinski definition) is 1. The summed E-state index contributed by atoms with van der Waals surface area (Å²) in [6.07, 6.45) is 0.782. The SMILES string of the molecule is CC(=O)/C(N=Nc1cc2c(c([N+](=O)[O-])c1C)C(C)(C)CC2(C)C)=C(\C)O. The minimum atomic E-state index is -0.427. The molecule has 1 aromatic carbocycles. The van der Waals surface area contributed by atoms with Crippen molar-refractivity contribution in [1.82, 2.24) is 0 Å². The van der Waals surface area contributed by atoms with Crippen molar-refractivity contribution in [3.63, 3.8) is 0 Å². The van der Waals surface area contributed by atoms with Gasteiger partial charge in [0.1, 0.15) is 5.76 Å². The standard InChI is InChI=1S/C19H25N3O4/c1-10-14(20-21-16(11(2)23)12(3)24)8-13-15(17(10)22(25)26)19(6,7)9-18(13,4)5/h8,23H,9H2,1-7H3/b16-11-,21-20?. The van der Waals surface area contributed by atoms with E-state index < -0.39 is 5.78 Å². The third kappa shape index (κ3) is 3.25. The van der Waals surface area contributed by atoms with Crippen LogP contribution in [-0.4, -0.2) is 15.8 Å². The van der Waals surface area contributed by atoms with Crippen LogP contribution in [-0.2, 0) is 15.6 Å². The van der Waals surface area contributed by atoms with Gasteiger partial charge in [-0.15, -0.1) is 10.2 Å². The van der Waals surface area contributed by atoms with E-state index >= 15 is 0 Å². The molecule has 0 radical (unpaired) electrons. The van der Waals surface area contributed by atoms with E-state index in [2.05, 4.69) is 24.1 Å². The molecular formula is C19H25N3O4. The predicted molar refractivity (Wildman–Crippen MR) is 99.0 cm³/mol. The van der Waals surface area contributed by atoms with E-state index in [-0.39, 0.29) is 32.9 Å². The highest BCUT2D eigenvalue weighted by Crippen LogP contribution is 2.55. The fraction of sp³-hybridized carbons (Fsp3) is 0.526. The Hall–Kier alpha value is -2.57. The number of nitro benzene ring substituents is 1. The van der Waals surface area contributed by atoms with Crippen LogP contribution in [0.2, 0.25) is 0 Å². The average molecular weight is 359 g/mol. The van der Waals surface area contributed by atoms with Crippen molar-refractivity contribution >= 4 is 17.2 Å². The molecule has 2 rings (SSSR count). The largest absolute Gasteiger partial charge is 0.510 e. The average Bonchev–Trinajstić information content (AvgIpc) is 2.63. The third-order valence-corrected chi connectivity index (χ3v) is 4.93. The van der Waals surface area contributed by atoms with Gasteiger partial charge in [0.15, 0.2) is 11.5 Å². The summed E-state index contributed by atoms with van der Waals surface area (Å²) in [4.78, 5) is 23.0. The minimum Gasteiger partial charge on any atom is -0.510 e. The normalized spacial score (nSPS) is 18.6. The number of nitro groups is 1. The van der Waals surface area contributed by atoms with Crippen molar-refractivity contribution in [3.05, 3.63) is 44.3 Å². The quantitative estimate of drug-likeness (QED) is 0.258. The monoisotopic (exact) mass is 359 g/mol. The fourth-order valence-corrected chi connectivity index (χ4v) is 4.09. The minimum absolute atomic E-state index is 0.0566. The Bertz CT molecular complexity index is 860. The summed E-state index contributed by atoms with van der Waals surface area (Å²) >= 11 is 0. The van der Waals surface area contributed by atoms with Gasteiger partial charge in [0, 0.05) is 12.5 Å². The predicted octanol–water partition coefficient (Wildman–Crippen LogP) is 5.32. The van der Waals surface area contributed by atoms with Gasteiger partial charge in [-0.1, -0.05) is 27.7 Å². The summed E-state index contributed by atoms with van der Waals surface area (Å²) in [5, 5.41) is 29.3. The van der Waals surface area contributed by atoms with Crippen LogP contribution in [0.4, 0.5) is 11.4 Å². The lowest BCUT2D eigenvalue weighted by atomic mass is 9.81. The molecule has 1 N–H and O–H groups in total. The molecule has 0 aliphatic heterocycles. The molecule has 0 atom stereocenters. The van der Waals surface area contributed by atoms with Crippen LogP contribution in [0.5, 0.6) is 0 Å². The Morgan fingerprint density at radius 3 is 2.27 bits per heavy atom. The number of hydrogen-bond acceptors (Lipinski definition) is 6. The van der Waals surface area contributed by atoms with E-state index in [0.717, 1.165) is 17.5 Å². The van der Waals surface area contributed by atoms with Gasteiger partial charge < -0.3 is 5.11 Å². The van der Waals surface area contributed by atoms with Crippen LogP contribution >= 0.6 is 0 Å². The number of carbonyl (C=O) groups excluding carboxylic acids is 1. The number of nitrogens with zero attached hydrogens (tertiary/aromatic N) is 3. The lowest BCUT2D eigenvalue weighted by Gasteiger charge is -2.22. The summed E-state index contributed by atoms with van der Waals surface area (Å²) in [5.41, 5.74) is 1.69. The number of rotatable bonds is 4. The highest BCUT2D eigenvalue weighted by molar-refractivity contribution is 5.93. The molecule has 0 unspecified atom stereocenters. The molecule has 140 valence electrons. The van der Waals surface area contributed by atoms with Crippen molar-refractivity contribution in [2.45, 2.75) is 65.7 Å². The van der Waals surface area contributed by atoms with Crippen LogP contribution in [0.1, 0.15) is 64.7 Å². The van der Waals surface area contributed by atoms with Crippen LogP contribution in [0, 0.1) is 17.0 Å². The van der Waals surface area contributed by atoms with E-state index in [1.165, 1.54) is 13.8 Å². The van der Waals surface area contributed by atoms with E-state index in [1.54, 1.807) is 6.92 Å². The van der Waals surface area contributed by atoms with Crippen molar-refractivity contribution in [3.8, 4) is 0 Å². The molecule has 0 spiro atoms. The first kappa shape index (κ1) is 19.8. The summed E-state index contributed by atoms with van der Waals surface area (Å²) in [6, 6.07) is 1.82. The van der Waals surface area contributed by atoms with Gasteiger partial charge in [0.2, 0.25) is 0 Å². The zero-order valence-electron chi connectivity index (χ0n) is 16.3. The van der Waals surface area contributed by atoms with Crippen LogP contribution in [0.3, 0.4) is 0 Å². The summed E-state index contributed by atoms with van der Waals surface area (Å²) < 4.78 is 0. The van der Waals surface area contributed by atoms with Crippen molar-refractivity contribution in [2.75, 3.05) is 0 Å². The molecule has 7 heteroatoms. The number of aliphatic hydroxyl groups is 1. The number of fused-ring (bicyclic) bond motifs is 1. The number of aliphatic hydroxyl groups excluding tert-OH is 1. The van der Waals surface area contributed by atoms with Gasteiger partial charge >= 0.3 is 0 Å². The lowest BCUT2D eigenvalue weighted by Crippen LogP contribution is -2.18. The second kappa shape index (κ2) is 6.30. The molecule has 0 bridgehead atoms. The number of ketones is 1. The molecule has 26 heavy (non-hydrogen) atoms. The van der Waals surface area contributed by atoms with Crippen molar-refractivity contribution < 1.29 is 14.8 Å². The van der Waals surface area contributed by atoms with Gasteiger partial charge in [-0.25, -0.2) is 0 Å². The molecule has 1 aliphatic carbocycles. The molecule has 0 amide bonds. The second-order valence-electron chi connectivity index (χ2n) is 8.18. The van der Waals surface area contributed by atoms with E-state index in [4.69, 9.17) is 0 Å². The first-order valence-electron chi connectivity index (χ1n) is 8.45. The molecule has 0 saturated carbocycles. The third-order valence-electron chi connectivity index (χ3n) is 4.93. The Balaban J connectivity index is 2.77. The topological polar surface area (TPSA) is 105 Å². The molecule has 7 nitrogen and oxygen atoms in total. The number of Topliss-reactive ketones (excluding diaryl/α,β-unsaturated/α-hetero) is 1. The van der Waals surface area contributed by atoms with Gasteiger partial charge in [-0.3, -0.25) is 14.9 Å². The molecule has 0 aromatic heterocycles. The zero-order chi connectivity index (χ0) is 20.0. The lowest BCUT2D eigenvalue weighted by molar-refractivity contribution is -0.386. The molecule has 1 aromatic rings. The van der Waals surface area contributed by atoms with Gasteiger partial charge in [0.25, 0.3) is 5.69 Å². The zero-order valence-corrected chi connectivity index (χ0v) is 16.3. The Labute approximate surface area is 153 Å². The van der Waals surface area contributed by atoms with E-state index in [9.17, 15) is 20.0 Å². The molecule has 0 heterocycles. The summed E-state index contributed by atoms with van der Waals surface area (Å²) in [7, 11) is 0. The van der Waals surface area contributed by atoms with Crippen LogP contribution in [0.25, 0.3) is 0 Å².